The number of benzene rings is 1. The number of carbonyl (C=O) groups is 2. The molecule has 0 bridgehead atoms. The highest BCUT2D eigenvalue weighted by Crippen LogP contribution is 2.18. The quantitative estimate of drug-likeness (QED) is 0.412. The van der Waals surface area contributed by atoms with E-state index in [2.05, 4.69) is 22.0 Å². The standard InChI is InChI=1S/C24H32N6O5/c1-18-7-9-28(10-8-18)23(31)6-5-22-25-21(26-35-22)17-27-11-13-29(14-12-27)24(32)16-19-3-2-4-20(15-19)30(33)34/h2-4,15,18H,5-14,16-17H2,1H3. The van der Waals surface area contributed by atoms with Gasteiger partial charge in [-0.15, -0.1) is 0 Å². The Labute approximate surface area is 204 Å². The molecule has 2 saturated heterocycles. The van der Waals surface area contributed by atoms with Crippen LogP contribution < -0.4 is 0 Å². The predicted molar refractivity (Wildman–Crippen MR) is 126 cm³/mol. The summed E-state index contributed by atoms with van der Waals surface area (Å²) in [7, 11) is 0. The molecule has 2 amide bonds. The molecule has 0 radical (unpaired) electrons. The zero-order valence-electron chi connectivity index (χ0n) is 20.1. The average molecular weight is 485 g/mol. The molecule has 4 rings (SSSR count). The monoisotopic (exact) mass is 484 g/mol. The number of aromatic nitrogens is 2. The lowest BCUT2D eigenvalue weighted by molar-refractivity contribution is -0.384. The summed E-state index contributed by atoms with van der Waals surface area (Å²) in [5, 5.41) is 15.0. The van der Waals surface area contributed by atoms with Crippen molar-refractivity contribution in [3.05, 3.63) is 51.7 Å². The van der Waals surface area contributed by atoms with Gasteiger partial charge >= 0.3 is 0 Å². The SMILES string of the molecule is CC1CCN(C(=O)CCc2nc(CN3CCN(C(=O)Cc4cccc([N+](=O)[O-])c4)CC3)no2)CC1. The number of likely N-dealkylation sites (tertiary alicyclic amines) is 1. The lowest BCUT2D eigenvalue weighted by Crippen LogP contribution is -2.48. The second-order valence-electron chi connectivity index (χ2n) is 9.43. The fourth-order valence-corrected chi connectivity index (χ4v) is 4.51. The first-order valence-corrected chi connectivity index (χ1v) is 12.2. The van der Waals surface area contributed by atoms with Crippen molar-refractivity contribution in [3.63, 3.8) is 0 Å². The topological polar surface area (TPSA) is 126 Å². The molecule has 0 aliphatic carbocycles. The molecule has 2 aliphatic heterocycles. The smallest absolute Gasteiger partial charge is 0.269 e. The van der Waals surface area contributed by atoms with Crippen LogP contribution in [0.3, 0.4) is 0 Å². The first kappa shape index (κ1) is 24.8. The van der Waals surface area contributed by atoms with Crippen LogP contribution in [0.4, 0.5) is 5.69 Å². The molecule has 0 unspecified atom stereocenters. The number of nitro groups is 1. The number of carbonyl (C=O) groups excluding carboxylic acids is 2. The summed E-state index contributed by atoms with van der Waals surface area (Å²) < 4.78 is 5.34. The van der Waals surface area contributed by atoms with Crippen molar-refractivity contribution in [2.75, 3.05) is 39.3 Å². The molecule has 188 valence electrons. The minimum atomic E-state index is -0.455. The van der Waals surface area contributed by atoms with Gasteiger partial charge in [0.05, 0.1) is 17.9 Å². The molecular formula is C24H32N6O5. The maximum absolute atomic E-state index is 12.6. The molecule has 3 heterocycles. The summed E-state index contributed by atoms with van der Waals surface area (Å²) in [5.74, 6) is 1.84. The zero-order chi connectivity index (χ0) is 24.8. The number of nitrogens with zero attached hydrogens (tertiary/aromatic N) is 6. The number of rotatable bonds is 8. The van der Waals surface area contributed by atoms with Crippen molar-refractivity contribution >= 4 is 17.5 Å². The summed E-state index contributed by atoms with van der Waals surface area (Å²) >= 11 is 0. The maximum atomic E-state index is 12.6. The first-order valence-electron chi connectivity index (χ1n) is 12.2. The number of non-ortho nitro benzene ring substituents is 1. The van der Waals surface area contributed by atoms with Crippen LogP contribution in [0.5, 0.6) is 0 Å². The number of nitro benzene ring substituents is 1. The minimum Gasteiger partial charge on any atom is -0.343 e. The molecule has 0 N–H and O–H groups in total. The number of amides is 2. The summed E-state index contributed by atoms with van der Waals surface area (Å²) in [5.41, 5.74) is 0.629. The molecule has 1 aromatic carbocycles. The summed E-state index contributed by atoms with van der Waals surface area (Å²) in [6, 6.07) is 6.20. The third-order valence-corrected chi connectivity index (χ3v) is 6.77. The lowest BCUT2D eigenvalue weighted by Gasteiger charge is -2.34. The van der Waals surface area contributed by atoms with E-state index in [1.807, 2.05) is 4.90 Å². The van der Waals surface area contributed by atoms with Gasteiger partial charge in [0.1, 0.15) is 0 Å². The van der Waals surface area contributed by atoms with E-state index in [0.29, 0.717) is 68.8 Å². The van der Waals surface area contributed by atoms with Gasteiger partial charge in [0.25, 0.3) is 5.69 Å². The van der Waals surface area contributed by atoms with E-state index in [-0.39, 0.29) is 23.9 Å². The van der Waals surface area contributed by atoms with Crippen LogP contribution in [0.1, 0.15) is 43.5 Å². The van der Waals surface area contributed by atoms with Crippen LogP contribution >= 0.6 is 0 Å². The molecule has 0 atom stereocenters. The molecule has 0 spiro atoms. The van der Waals surface area contributed by atoms with E-state index in [1.165, 1.54) is 12.1 Å². The number of aryl methyl sites for hydroxylation is 1. The Morgan fingerprint density at radius 3 is 2.51 bits per heavy atom. The Kier molecular flexibility index (Phi) is 8.06. The Morgan fingerprint density at radius 2 is 1.80 bits per heavy atom. The summed E-state index contributed by atoms with van der Waals surface area (Å²) in [4.78, 5) is 45.8. The number of piperidine rings is 1. The second-order valence-corrected chi connectivity index (χ2v) is 9.43. The van der Waals surface area contributed by atoms with Gasteiger partial charge in [0.2, 0.25) is 17.7 Å². The molecule has 2 fully saturated rings. The van der Waals surface area contributed by atoms with Crippen molar-refractivity contribution < 1.29 is 19.0 Å². The minimum absolute atomic E-state index is 0.00917. The Balaban J connectivity index is 1.19. The lowest BCUT2D eigenvalue weighted by atomic mass is 9.99. The fourth-order valence-electron chi connectivity index (χ4n) is 4.51. The van der Waals surface area contributed by atoms with E-state index >= 15 is 0 Å². The molecule has 35 heavy (non-hydrogen) atoms. The van der Waals surface area contributed by atoms with Gasteiger partial charge in [-0.1, -0.05) is 24.2 Å². The van der Waals surface area contributed by atoms with E-state index in [0.717, 1.165) is 25.9 Å². The van der Waals surface area contributed by atoms with Gasteiger partial charge in [-0.2, -0.15) is 4.98 Å². The highest BCUT2D eigenvalue weighted by atomic mass is 16.6. The third kappa shape index (κ3) is 6.84. The van der Waals surface area contributed by atoms with E-state index in [9.17, 15) is 19.7 Å². The van der Waals surface area contributed by atoms with Crippen molar-refractivity contribution in [1.29, 1.82) is 0 Å². The van der Waals surface area contributed by atoms with Crippen LogP contribution in [0.25, 0.3) is 0 Å². The largest absolute Gasteiger partial charge is 0.343 e. The number of hydrogen-bond acceptors (Lipinski definition) is 8. The van der Waals surface area contributed by atoms with Gasteiger partial charge in [-0.25, -0.2) is 0 Å². The Bertz CT molecular complexity index is 1040. The molecule has 0 saturated carbocycles. The van der Waals surface area contributed by atoms with Crippen LogP contribution in [-0.4, -0.2) is 80.8 Å². The van der Waals surface area contributed by atoms with Crippen LogP contribution in [0, 0.1) is 16.0 Å². The molecular weight excluding hydrogens is 452 g/mol. The van der Waals surface area contributed by atoms with Crippen molar-refractivity contribution in [3.8, 4) is 0 Å². The van der Waals surface area contributed by atoms with Crippen molar-refractivity contribution in [2.24, 2.45) is 5.92 Å². The molecule has 11 heteroatoms. The number of hydrogen-bond donors (Lipinski definition) is 0. The zero-order valence-corrected chi connectivity index (χ0v) is 20.1. The van der Waals surface area contributed by atoms with Crippen molar-refractivity contribution in [2.45, 2.75) is 45.6 Å². The van der Waals surface area contributed by atoms with E-state index < -0.39 is 4.92 Å². The Morgan fingerprint density at radius 1 is 1.09 bits per heavy atom. The van der Waals surface area contributed by atoms with Gasteiger partial charge < -0.3 is 14.3 Å². The van der Waals surface area contributed by atoms with Crippen molar-refractivity contribution in [1.82, 2.24) is 24.8 Å². The fraction of sp³-hybridized carbons (Fsp3) is 0.583. The molecule has 2 aromatic rings. The summed E-state index contributed by atoms with van der Waals surface area (Å²) in [6.45, 7) is 6.90. The normalized spacial score (nSPS) is 17.5. The predicted octanol–water partition coefficient (Wildman–Crippen LogP) is 2.06. The Hall–Kier alpha value is -3.34. The second kappa shape index (κ2) is 11.4. The number of piperazine rings is 1. The first-order chi connectivity index (χ1) is 16.9. The van der Waals surface area contributed by atoms with Crippen LogP contribution in [0.2, 0.25) is 0 Å². The molecule has 11 nitrogen and oxygen atoms in total. The molecule has 1 aromatic heterocycles. The average Bonchev–Trinajstić information content (AvgIpc) is 3.30. The van der Waals surface area contributed by atoms with Gasteiger partial charge in [-0.3, -0.25) is 24.6 Å². The van der Waals surface area contributed by atoms with Gasteiger partial charge in [0, 0.05) is 64.2 Å². The summed E-state index contributed by atoms with van der Waals surface area (Å²) in [6.07, 6.45) is 3.08. The maximum Gasteiger partial charge on any atom is 0.269 e. The molecule has 2 aliphatic rings. The highest BCUT2D eigenvalue weighted by Gasteiger charge is 2.24. The third-order valence-electron chi connectivity index (χ3n) is 6.77. The highest BCUT2D eigenvalue weighted by molar-refractivity contribution is 5.79. The van der Waals surface area contributed by atoms with E-state index in [4.69, 9.17) is 4.52 Å². The van der Waals surface area contributed by atoms with Gasteiger partial charge in [0.15, 0.2) is 5.82 Å². The van der Waals surface area contributed by atoms with Crippen LogP contribution in [0.15, 0.2) is 28.8 Å². The van der Waals surface area contributed by atoms with Gasteiger partial charge in [-0.05, 0) is 24.3 Å². The van der Waals surface area contributed by atoms with Crippen LogP contribution in [-0.2, 0) is 29.0 Å². The van der Waals surface area contributed by atoms with E-state index in [1.54, 1.807) is 17.0 Å².